The molecule has 1 aliphatic heterocycles. The fourth-order valence-corrected chi connectivity index (χ4v) is 3.16. The van der Waals surface area contributed by atoms with E-state index in [9.17, 15) is 23.9 Å². The second-order valence-corrected chi connectivity index (χ2v) is 6.51. The summed E-state index contributed by atoms with van der Waals surface area (Å²) in [6.45, 7) is -0.0578. The molecule has 2 amide bonds. The van der Waals surface area contributed by atoms with Gasteiger partial charge in [0, 0.05) is 18.7 Å². The second-order valence-electron chi connectivity index (χ2n) is 6.51. The molecule has 2 unspecified atom stereocenters. The number of fused-ring (bicyclic) bond motifs is 1. The van der Waals surface area contributed by atoms with Gasteiger partial charge in [0.25, 0.3) is 0 Å². The van der Waals surface area contributed by atoms with Gasteiger partial charge < -0.3 is 15.7 Å². The van der Waals surface area contributed by atoms with E-state index in [0.717, 1.165) is 5.56 Å². The average molecular weight is 370 g/mol. The van der Waals surface area contributed by atoms with Crippen LogP contribution in [0.3, 0.4) is 0 Å². The highest BCUT2D eigenvalue weighted by Crippen LogP contribution is 2.32. The second kappa shape index (κ2) is 7.99. The number of halogens is 1. The van der Waals surface area contributed by atoms with Gasteiger partial charge in [-0.3, -0.25) is 14.4 Å². The first-order valence-corrected chi connectivity index (χ1v) is 8.58. The Bertz CT molecular complexity index is 870. The molecule has 3 rings (SSSR count). The van der Waals surface area contributed by atoms with Crippen molar-refractivity contribution in [3.05, 3.63) is 65.5 Å². The summed E-state index contributed by atoms with van der Waals surface area (Å²) in [7, 11) is 0. The van der Waals surface area contributed by atoms with Crippen LogP contribution in [0.1, 0.15) is 23.5 Å². The number of carboxylic acid groups (broad SMARTS) is 1. The first kappa shape index (κ1) is 18.6. The summed E-state index contributed by atoms with van der Waals surface area (Å²) >= 11 is 0. The van der Waals surface area contributed by atoms with Crippen LogP contribution < -0.4 is 10.6 Å². The van der Waals surface area contributed by atoms with E-state index in [2.05, 4.69) is 10.6 Å². The van der Waals surface area contributed by atoms with Crippen LogP contribution in [0.25, 0.3) is 0 Å². The molecule has 0 radical (unpaired) electrons. The van der Waals surface area contributed by atoms with Crippen LogP contribution in [0.2, 0.25) is 0 Å². The Hall–Kier alpha value is -3.22. The predicted molar refractivity (Wildman–Crippen MR) is 96.7 cm³/mol. The van der Waals surface area contributed by atoms with Crippen molar-refractivity contribution in [2.24, 2.45) is 5.92 Å². The van der Waals surface area contributed by atoms with Gasteiger partial charge in [0.1, 0.15) is 5.82 Å². The number of nitrogens with one attached hydrogen (secondary N) is 2. The quantitative estimate of drug-likeness (QED) is 0.727. The van der Waals surface area contributed by atoms with E-state index in [1.807, 2.05) is 30.3 Å². The lowest BCUT2D eigenvalue weighted by Gasteiger charge is -2.25. The molecular weight excluding hydrogens is 351 g/mol. The van der Waals surface area contributed by atoms with Gasteiger partial charge in [-0.1, -0.05) is 36.4 Å². The maximum Gasteiger partial charge on any atom is 0.308 e. The third kappa shape index (κ3) is 4.49. The minimum Gasteiger partial charge on any atom is -0.481 e. The molecule has 3 N–H and O–H groups in total. The van der Waals surface area contributed by atoms with Crippen LogP contribution in [0.5, 0.6) is 0 Å². The van der Waals surface area contributed by atoms with Crippen molar-refractivity contribution in [1.29, 1.82) is 0 Å². The normalized spacial score (nSPS) is 16.8. The van der Waals surface area contributed by atoms with Crippen LogP contribution in [-0.4, -0.2) is 29.4 Å². The number of carbonyl (C=O) groups is 3. The number of rotatable bonds is 6. The summed E-state index contributed by atoms with van der Waals surface area (Å²) in [6.07, 6.45) is 0.213. The van der Waals surface area contributed by atoms with E-state index >= 15 is 0 Å². The SMILES string of the molecule is O=C1CC(C(=O)NCC(Cc2ccccc2)C(=O)O)c2ccc(F)cc2N1. The zero-order valence-corrected chi connectivity index (χ0v) is 14.4. The fraction of sp³-hybridized carbons (Fsp3) is 0.250. The molecule has 2 atom stereocenters. The van der Waals surface area contributed by atoms with Crippen molar-refractivity contribution in [2.75, 3.05) is 11.9 Å². The number of hydrogen-bond acceptors (Lipinski definition) is 3. The maximum atomic E-state index is 13.4. The molecule has 27 heavy (non-hydrogen) atoms. The molecule has 0 aliphatic carbocycles. The van der Waals surface area contributed by atoms with Crippen molar-refractivity contribution in [3.8, 4) is 0 Å². The lowest BCUT2D eigenvalue weighted by atomic mass is 9.89. The lowest BCUT2D eigenvalue weighted by Crippen LogP contribution is -2.39. The summed E-state index contributed by atoms with van der Waals surface area (Å²) < 4.78 is 13.4. The highest BCUT2D eigenvalue weighted by Gasteiger charge is 2.31. The lowest BCUT2D eigenvalue weighted by molar-refractivity contribution is -0.141. The highest BCUT2D eigenvalue weighted by molar-refractivity contribution is 6.01. The zero-order chi connectivity index (χ0) is 19.4. The largest absolute Gasteiger partial charge is 0.481 e. The van der Waals surface area contributed by atoms with Gasteiger partial charge >= 0.3 is 5.97 Å². The van der Waals surface area contributed by atoms with Gasteiger partial charge in [-0.2, -0.15) is 0 Å². The smallest absolute Gasteiger partial charge is 0.308 e. The predicted octanol–water partition coefficient (Wildman–Crippen LogP) is 2.31. The van der Waals surface area contributed by atoms with Crippen molar-refractivity contribution >= 4 is 23.5 Å². The number of carboxylic acids is 1. The van der Waals surface area contributed by atoms with Gasteiger partial charge in [0.2, 0.25) is 11.8 Å². The molecule has 0 bridgehead atoms. The zero-order valence-electron chi connectivity index (χ0n) is 14.4. The summed E-state index contributed by atoms with van der Waals surface area (Å²) in [6, 6.07) is 13.0. The first-order valence-electron chi connectivity index (χ1n) is 8.58. The number of aliphatic carboxylic acids is 1. The molecule has 1 heterocycles. The molecular formula is C20H19FN2O4. The third-order valence-electron chi connectivity index (χ3n) is 4.57. The van der Waals surface area contributed by atoms with Crippen molar-refractivity contribution in [3.63, 3.8) is 0 Å². The molecule has 2 aromatic rings. The topological polar surface area (TPSA) is 95.5 Å². The Morgan fingerprint density at radius 1 is 1.22 bits per heavy atom. The highest BCUT2D eigenvalue weighted by atomic mass is 19.1. The maximum absolute atomic E-state index is 13.4. The molecule has 0 saturated heterocycles. The Balaban J connectivity index is 1.69. The number of amides is 2. The monoisotopic (exact) mass is 370 g/mol. The molecule has 2 aromatic carbocycles. The van der Waals surface area contributed by atoms with Crippen molar-refractivity contribution < 1.29 is 23.9 Å². The van der Waals surface area contributed by atoms with Gasteiger partial charge in [-0.15, -0.1) is 0 Å². The van der Waals surface area contributed by atoms with E-state index in [4.69, 9.17) is 0 Å². The van der Waals surface area contributed by atoms with Crippen LogP contribution in [0.4, 0.5) is 10.1 Å². The van der Waals surface area contributed by atoms with Crippen LogP contribution in [-0.2, 0) is 20.8 Å². The Labute approximate surface area is 155 Å². The molecule has 0 aromatic heterocycles. The number of benzene rings is 2. The molecule has 1 aliphatic rings. The minimum absolute atomic E-state index is 0.0578. The first-order chi connectivity index (χ1) is 12.9. The van der Waals surface area contributed by atoms with E-state index in [-0.39, 0.29) is 31.0 Å². The Kier molecular flexibility index (Phi) is 5.49. The molecule has 0 fully saturated rings. The molecule has 140 valence electrons. The fourth-order valence-electron chi connectivity index (χ4n) is 3.16. The minimum atomic E-state index is -1.01. The number of carbonyl (C=O) groups excluding carboxylic acids is 2. The molecule has 7 heteroatoms. The van der Waals surface area contributed by atoms with E-state index in [1.165, 1.54) is 18.2 Å². The standard InChI is InChI=1S/C20H19FN2O4/c21-14-6-7-15-16(10-18(24)23-17(15)9-14)19(25)22-11-13(20(26)27)8-12-4-2-1-3-5-12/h1-7,9,13,16H,8,10-11H2,(H,22,25)(H,23,24)(H,26,27). The third-order valence-corrected chi connectivity index (χ3v) is 4.57. The molecule has 0 spiro atoms. The van der Waals surface area contributed by atoms with Gasteiger partial charge in [-0.25, -0.2) is 4.39 Å². The average Bonchev–Trinajstić information content (AvgIpc) is 2.64. The summed E-state index contributed by atoms with van der Waals surface area (Å²) in [4.78, 5) is 35.9. The molecule has 0 saturated carbocycles. The summed E-state index contributed by atoms with van der Waals surface area (Å²) in [5.74, 6) is -3.92. The van der Waals surface area contributed by atoms with E-state index < -0.39 is 29.5 Å². The van der Waals surface area contributed by atoms with Gasteiger partial charge in [0.05, 0.1) is 11.8 Å². The summed E-state index contributed by atoms with van der Waals surface area (Å²) in [5.41, 5.74) is 1.64. The van der Waals surface area contributed by atoms with Crippen LogP contribution >= 0.6 is 0 Å². The number of anilines is 1. The van der Waals surface area contributed by atoms with Crippen molar-refractivity contribution in [2.45, 2.75) is 18.8 Å². The van der Waals surface area contributed by atoms with Crippen LogP contribution in [0, 0.1) is 11.7 Å². The van der Waals surface area contributed by atoms with E-state index in [0.29, 0.717) is 5.56 Å². The molecule has 6 nitrogen and oxygen atoms in total. The van der Waals surface area contributed by atoms with Crippen LogP contribution in [0.15, 0.2) is 48.5 Å². The van der Waals surface area contributed by atoms with E-state index in [1.54, 1.807) is 0 Å². The Morgan fingerprint density at radius 2 is 1.96 bits per heavy atom. The summed E-state index contributed by atoms with van der Waals surface area (Å²) in [5, 5.41) is 14.6. The van der Waals surface area contributed by atoms with Crippen molar-refractivity contribution in [1.82, 2.24) is 5.32 Å². The van der Waals surface area contributed by atoms with Gasteiger partial charge in [0.15, 0.2) is 0 Å². The number of hydrogen-bond donors (Lipinski definition) is 3. The Morgan fingerprint density at radius 3 is 2.67 bits per heavy atom. The van der Waals surface area contributed by atoms with Gasteiger partial charge in [-0.05, 0) is 29.7 Å².